The molecule has 0 bridgehead atoms. The number of hydrogen-bond acceptors (Lipinski definition) is 11. The molecule has 4 amide bonds. The Morgan fingerprint density at radius 3 is 0.962 bits per heavy atom. The highest BCUT2D eigenvalue weighted by atomic mass is 35.5. The molecule has 0 spiro atoms. The van der Waals surface area contributed by atoms with Crippen LogP contribution < -0.4 is 11.5 Å². The molecule has 2 heterocycles. The smallest absolute Gasteiger partial charge is 0.261 e. The van der Waals surface area contributed by atoms with E-state index < -0.39 is 0 Å². The molecule has 430 valence electrons. The van der Waals surface area contributed by atoms with Gasteiger partial charge >= 0.3 is 0 Å². The SMILES string of the molecule is CCC(=O)c1cc(C)c(C[C@@H](CN)N(C)C)c(C)c1.CCC(=O)c1cc(C)c(C[C@@H](CN2C(=O)c3ccccc3C2=O)N(C)C)c(C)c1.CCC(=O)c1cc(C)c(C[C@H](N)CN2C(=O)c3ccccc3C2=O)c(C)c1.Cl.S.S.S. The molecule has 0 saturated carbocycles. The Morgan fingerprint density at radius 1 is 0.456 bits per heavy atom. The quantitative estimate of drug-likeness (QED) is 0.0593. The van der Waals surface area contributed by atoms with Gasteiger partial charge in [0.05, 0.1) is 22.3 Å². The van der Waals surface area contributed by atoms with E-state index in [1.54, 1.807) is 48.5 Å². The number of ketones is 3. The van der Waals surface area contributed by atoms with E-state index in [1.165, 1.54) is 26.5 Å². The van der Waals surface area contributed by atoms with Gasteiger partial charge in [-0.1, -0.05) is 45.0 Å². The number of imide groups is 2. The molecule has 79 heavy (non-hydrogen) atoms. The number of carbonyl (C=O) groups excluding carboxylic acids is 7. The van der Waals surface area contributed by atoms with Gasteiger partial charge in [-0.05, 0) is 200 Å². The summed E-state index contributed by atoms with van der Waals surface area (Å²) in [4.78, 5) is 93.1. The van der Waals surface area contributed by atoms with Crippen LogP contribution in [0.4, 0.5) is 0 Å². The Hall–Kier alpha value is -5.43. The van der Waals surface area contributed by atoms with Crippen LogP contribution in [0.2, 0.25) is 0 Å². The molecular weight excluding hydrogens is 1070 g/mol. The highest BCUT2D eigenvalue weighted by molar-refractivity contribution is 7.59. The summed E-state index contributed by atoms with van der Waals surface area (Å²) in [5.41, 5.74) is 26.3. The molecule has 5 aromatic rings. The van der Waals surface area contributed by atoms with E-state index in [9.17, 15) is 33.6 Å². The Balaban J connectivity index is 0.000000590. The molecule has 0 aliphatic carbocycles. The average Bonchev–Trinajstić information content (AvgIpc) is 3.77. The predicted molar refractivity (Wildman–Crippen MR) is 337 cm³/mol. The van der Waals surface area contributed by atoms with Crippen molar-refractivity contribution in [2.45, 2.75) is 119 Å². The fraction of sp³-hybridized carbons (Fsp3) is 0.403. The van der Waals surface area contributed by atoms with E-state index >= 15 is 0 Å². The number of nitrogens with zero attached hydrogens (tertiary/aromatic N) is 4. The minimum atomic E-state index is -0.377. The Bertz CT molecular complexity index is 2860. The maximum atomic E-state index is 12.8. The largest absolute Gasteiger partial charge is 0.329 e. The fourth-order valence-electron chi connectivity index (χ4n) is 9.98. The zero-order chi connectivity index (χ0) is 55.6. The zero-order valence-electron chi connectivity index (χ0n) is 48.4. The number of halogens is 1. The molecule has 0 aromatic heterocycles. The molecule has 0 saturated heterocycles. The first-order chi connectivity index (χ1) is 35.5. The third kappa shape index (κ3) is 17.3. The lowest BCUT2D eigenvalue weighted by Crippen LogP contribution is -2.44. The van der Waals surface area contributed by atoms with Gasteiger partial charge in [0.15, 0.2) is 17.3 Å². The number of Topliss-reactive ketones (excluding diaryl/α,β-unsaturated/α-hetero) is 3. The van der Waals surface area contributed by atoms with Crippen LogP contribution in [0.1, 0.15) is 163 Å². The lowest BCUT2D eigenvalue weighted by atomic mass is 9.92. The molecule has 0 unspecified atom stereocenters. The van der Waals surface area contributed by atoms with Crippen LogP contribution >= 0.6 is 52.9 Å². The lowest BCUT2D eigenvalue weighted by molar-refractivity contribution is 0.0606. The summed E-state index contributed by atoms with van der Waals surface area (Å²) in [7, 11) is 8.03. The number of carbonyl (C=O) groups is 7. The molecule has 2 aliphatic heterocycles. The summed E-state index contributed by atoms with van der Waals surface area (Å²) in [5, 5.41) is 0. The topological polar surface area (TPSA) is 184 Å². The predicted octanol–water partition coefficient (Wildman–Crippen LogP) is 9.81. The van der Waals surface area contributed by atoms with Crippen molar-refractivity contribution in [2.24, 2.45) is 11.5 Å². The van der Waals surface area contributed by atoms with Gasteiger partial charge in [0.1, 0.15) is 0 Å². The van der Waals surface area contributed by atoms with Crippen molar-refractivity contribution in [1.29, 1.82) is 0 Å². The standard InChI is InChI=1S/C24H28N2O3.C22H24N2O3.C16H26N2O.ClH.3H2S/c1-6-22(27)17-11-15(2)21(16(3)12-17)13-18(25(4)5)14-26-23(28)19-9-7-8-10-20(19)24(26)29;1-4-20(25)15-9-13(2)19(14(3)10-15)11-16(23)12-24-21(26)17-7-5-6-8-18(17)22(24)27;1-6-16(19)13-7-11(2)15(12(3)8-13)9-14(10-17)18(4)5;;;;/h7-12,18H,6,13-14H2,1-5H3;5-10,16H,4,11-12,23H2,1-3H3;7-8,14H,6,9-10,17H2,1-5H3;1H;3*1H2/t18-;16-;14-;;;;/m000..../s1. The maximum Gasteiger partial charge on any atom is 0.261 e. The third-order valence-corrected chi connectivity index (χ3v) is 14.7. The summed E-state index contributed by atoms with van der Waals surface area (Å²) < 4.78 is 0. The number of likely N-dealkylation sites (N-methyl/N-ethyl adjacent to an activating group) is 2. The monoisotopic (exact) mass is 1160 g/mol. The van der Waals surface area contributed by atoms with E-state index in [0.29, 0.717) is 79.1 Å². The van der Waals surface area contributed by atoms with E-state index in [-0.39, 0.29) is 113 Å². The summed E-state index contributed by atoms with van der Waals surface area (Å²) in [5.74, 6) is -0.571. The number of fused-ring (bicyclic) bond motifs is 2. The van der Waals surface area contributed by atoms with Gasteiger partial charge in [0.2, 0.25) is 0 Å². The molecule has 0 fully saturated rings. The first-order valence-corrected chi connectivity index (χ1v) is 26.1. The summed E-state index contributed by atoms with van der Waals surface area (Å²) in [6.07, 6.45) is 3.67. The van der Waals surface area contributed by atoms with Gasteiger partial charge in [-0.3, -0.25) is 43.4 Å². The number of benzene rings is 5. The molecule has 2 aliphatic rings. The van der Waals surface area contributed by atoms with Gasteiger partial charge in [0, 0.05) is 73.7 Å². The minimum absolute atomic E-state index is 0. The van der Waals surface area contributed by atoms with Crippen LogP contribution in [-0.4, -0.2) is 127 Å². The number of amides is 4. The van der Waals surface area contributed by atoms with Crippen LogP contribution in [0.5, 0.6) is 0 Å². The first-order valence-electron chi connectivity index (χ1n) is 26.1. The van der Waals surface area contributed by atoms with Crippen LogP contribution in [0.3, 0.4) is 0 Å². The number of rotatable bonds is 19. The highest BCUT2D eigenvalue weighted by Crippen LogP contribution is 2.28. The van der Waals surface area contributed by atoms with Crippen molar-refractivity contribution < 1.29 is 33.6 Å². The van der Waals surface area contributed by atoms with Crippen LogP contribution in [0.25, 0.3) is 0 Å². The van der Waals surface area contributed by atoms with E-state index in [2.05, 4.69) is 32.8 Å². The van der Waals surface area contributed by atoms with Gasteiger partial charge in [-0.15, -0.1) is 12.4 Å². The lowest BCUT2D eigenvalue weighted by Gasteiger charge is -2.29. The van der Waals surface area contributed by atoms with Crippen molar-refractivity contribution in [3.63, 3.8) is 0 Å². The molecule has 3 atom stereocenters. The third-order valence-electron chi connectivity index (χ3n) is 14.7. The van der Waals surface area contributed by atoms with Crippen LogP contribution in [0.15, 0.2) is 84.9 Å². The Kier molecular flexibility index (Phi) is 29.1. The number of nitrogens with two attached hydrogens (primary N) is 2. The summed E-state index contributed by atoms with van der Waals surface area (Å²) >= 11 is 0. The number of aryl methyl sites for hydroxylation is 6. The minimum Gasteiger partial charge on any atom is -0.329 e. The maximum absolute atomic E-state index is 12.8. The molecule has 5 aromatic carbocycles. The van der Waals surface area contributed by atoms with Crippen LogP contribution in [-0.2, 0) is 19.3 Å². The normalized spacial score (nSPS) is 13.3. The van der Waals surface area contributed by atoms with Crippen LogP contribution in [0, 0.1) is 41.5 Å². The summed E-state index contributed by atoms with van der Waals surface area (Å²) in [6.45, 7) is 18.9. The number of hydrogen-bond donors (Lipinski definition) is 2. The molecular formula is C62H85ClN6O7S3. The Morgan fingerprint density at radius 2 is 0.709 bits per heavy atom. The van der Waals surface area contributed by atoms with Gasteiger partial charge in [0.25, 0.3) is 23.6 Å². The van der Waals surface area contributed by atoms with Crippen molar-refractivity contribution in [1.82, 2.24) is 19.6 Å². The van der Waals surface area contributed by atoms with E-state index in [0.717, 1.165) is 50.9 Å². The second-order valence-corrected chi connectivity index (χ2v) is 20.5. The van der Waals surface area contributed by atoms with E-state index in [1.807, 2.05) is 104 Å². The molecule has 4 N–H and O–H groups in total. The molecule has 17 heteroatoms. The van der Waals surface area contributed by atoms with Gasteiger partial charge in [-0.25, -0.2) is 0 Å². The van der Waals surface area contributed by atoms with Crippen molar-refractivity contribution in [3.8, 4) is 0 Å². The second-order valence-electron chi connectivity index (χ2n) is 20.5. The zero-order valence-corrected chi connectivity index (χ0v) is 52.2. The molecule has 0 radical (unpaired) electrons. The van der Waals surface area contributed by atoms with E-state index in [4.69, 9.17) is 11.5 Å². The molecule has 7 rings (SSSR count). The van der Waals surface area contributed by atoms with Gasteiger partial charge in [-0.2, -0.15) is 40.5 Å². The summed E-state index contributed by atoms with van der Waals surface area (Å²) in [6, 6.07) is 25.4. The average molecular weight is 1160 g/mol. The molecule has 13 nitrogen and oxygen atoms in total. The second kappa shape index (κ2) is 32.1. The first kappa shape index (κ1) is 71.6. The highest BCUT2D eigenvalue weighted by Gasteiger charge is 2.38. The fourth-order valence-corrected chi connectivity index (χ4v) is 9.98. The van der Waals surface area contributed by atoms with Gasteiger partial charge < -0.3 is 21.3 Å². The van der Waals surface area contributed by atoms with Crippen molar-refractivity contribution in [2.75, 3.05) is 47.8 Å². The van der Waals surface area contributed by atoms with Crippen molar-refractivity contribution in [3.05, 3.63) is 174 Å². The van der Waals surface area contributed by atoms with Crippen molar-refractivity contribution >= 4 is 93.9 Å². The Labute approximate surface area is 496 Å².